The molecule has 0 saturated heterocycles. The number of carbonyl (C=O) groups is 2. The van der Waals surface area contributed by atoms with E-state index < -0.39 is 0 Å². The first kappa shape index (κ1) is 16.4. The second-order valence-corrected chi connectivity index (χ2v) is 6.30. The number of hydrogen-bond acceptors (Lipinski definition) is 5. The fourth-order valence-electron chi connectivity index (χ4n) is 2.73. The molecule has 0 unspecified atom stereocenters. The van der Waals surface area contributed by atoms with E-state index in [0.29, 0.717) is 23.7 Å². The number of carbonyl (C=O) groups excluding carboxylic acids is 2. The fraction of sp³-hybridized carbons (Fsp3) is 0.238. The zero-order valence-corrected chi connectivity index (χ0v) is 14.4. The molecular weight excluding hydrogens is 332 g/mol. The molecule has 5 heteroatoms. The van der Waals surface area contributed by atoms with Crippen LogP contribution < -0.4 is 14.2 Å². The molecule has 1 fully saturated rings. The molecule has 0 atom stereocenters. The van der Waals surface area contributed by atoms with Gasteiger partial charge in [0.2, 0.25) is 5.78 Å². The fourth-order valence-corrected chi connectivity index (χ4v) is 2.73. The Hall–Kier alpha value is -3.08. The molecule has 2 aromatic rings. The molecule has 1 aliphatic heterocycles. The Morgan fingerprint density at radius 1 is 1.15 bits per heavy atom. The third-order valence-electron chi connectivity index (χ3n) is 4.26. The summed E-state index contributed by atoms with van der Waals surface area (Å²) in [5, 5.41) is 0. The van der Waals surface area contributed by atoms with Gasteiger partial charge < -0.3 is 14.2 Å². The van der Waals surface area contributed by atoms with Crippen molar-refractivity contribution >= 4 is 17.8 Å². The summed E-state index contributed by atoms with van der Waals surface area (Å²) >= 11 is 0. The summed E-state index contributed by atoms with van der Waals surface area (Å²) in [5.41, 5.74) is 1.30. The van der Waals surface area contributed by atoms with Crippen molar-refractivity contribution in [2.45, 2.75) is 19.8 Å². The second kappa shape index (κ2) is 6.67. The van der Waals surface area contributed by atoms with Gasteiger partial charge >= 0.3 is 5.97 Å². The normalized spacial score (nSPS) is 17.0. The van der Waals surface area contributed by atoms with Crippen molar-refractivity contribution in [2.75, 3.05) is 6.61 Å². The topological polar surface area (TPSA) is 61.8 Å². The average molecular weight is 350 g/mol. The lowest BCUT2D eigenvalue weighted by molar-refractivity contribution is -0.135. The first-order chi connectivity index (χ1) is 12.6. The molecule has 1 heterocycles. The SMILES string of the molecule is CCOc1ccc(/C=C2\Oc3cc(OC(=O)C4CC4)ccc3C2=O)cc1. The van der Waals surface area contributed by atoms with Gasteiger partial charge in [0.05, 0.1) is 18.1 Å². The number of rotatable bonds is 5. The molecule has 2 aliphatic rings. The third kappa shape index (κ3) is 3.33. The van der Waals surface area contributed by atoms with Crippen LogP contribution in [0.4, 0.5) is 0 Å². The Morgan fingerprint density at radius 3 is 2.58 bits per heavy atom. The van der Waals surface area contributed by atoms with E-state index in [1.165, 1.54) is 0 Å². The van der Waals surface area contributed by atoms with Gasteiger partial charge in [-0.05, 0) is 55.7 Å². The third-order valence-corrected chi connectivity index (χ3v) is 4.26. The molecule has 2 aromatic carbocycles. The standard InChI is InChI=1S/C21H18O5/c1-2-24-15-7-3-13(4-8-15)11-19-20(22)17-10-9-16(12-18(17)26-19)25-21(23)14-5-6-14/h3-4,7-12,14H,2,5-6H2,1H3/b19-11-. The minimum atomic E-state index is -0.223. The van der Waals surface area contributed by atoms with Gasteiger partial charge in [0, 0.05) is 6.07 Å². The van der Waals surface area contributed by atoms with E-state index in [1.807, 2.05) is 31.2 Å². The quantitative estimate of drug-likeness (QED) is 0.463. The Labute approximate surface area is 151 Å². The van der Waals surface area contributed by atoms with Crippen LogP contribution in [0.2, 0.25) is 0 Å². The molecule has 0 bridgehead atoms. The van der Waals surface area contributed by atoms with Crippen LogP contribution in [0.5, 0.6) is 17.2 Å². The minimum Gasteiger partial charge on any atom is -0.494 e. The Bertz CT molecular complexity index is 891. The van der Waals surface area contributed by atoms with Gasteiger partial charge in [-0.2, -0.15) is 0 Å². The van der Waals surface area contributed by atoms with Gasteiger partial charge in [-0.3, -0.25) is 9.59 Å². The largest absolute Gasteiger partial charge is 0.494 e. The molecule has 1 aliphatic carbocycles. The summed E-state index contributed by atoms with van der Waals surface area (Å²) in [7, 11) is 0. The number of Topliss-reactive ketones (excluding diaryl/α,β-unsaturated/α-hetero) is 1. The minimum absolute atomic E-state index is 0.0147. The van der Waals surface area contributed by atoms with Crippen LogP contribution in [0.15, 0.2) is 48.2 Å². The molecule has 5 nitrogen and oxygen atoms in total. The van der Waals surface area contributed by atoms with Crippen LogP contribution in [0.25, 0.3) is 6.08 Å². The monoisotopic (exact) mass is 350 g/mol. The van der Waals surface area contributed by atoms with Crippen LogP contribution in [-0.2, 0) is 4.79 Å². The molecule has 0 amide bonds. The lowest BCUT2D eigenvalue weighted by Gasteiger charge is -2.04. The van der Waals surface area contributed by atoms with Crippen molar-refractivity contribution in [1.29, 1.82) is 0 Å². The van der Waals surface area contributed by atoms with Crippen molar-refractivity contribution in [3.05, 3.63) is 59.4 Å². The van der Waals surface area contributed by atoms with Gasteiger partial charge in [0.25, 0.3) is 0 Å². The highest BCUT2D eigenvalue weighted by Gasteiger charge is 2.32. The summed E-state index contributed by atoms with van der Waals surface area (Å²) in [6, 6.07) is 12.3. The van der Waals surface area contributed by atoms with Crippen molar-refractivity contribution < 1.29 is 23.8 Å². The highest BCUT2D eigenvalue weighted by molar-refractivity contribution is 6.14. The maximum absolute atomic E-state index is 12.5. The van der Waals surface area contributed by atoms with E-state index in [9.17, 15) is 9.59 Å². The number of allylic oxidation sites excluding steroid dienone is 1. The average Bonchev–Trinajstić information content (AvgIpc) is 3.44. The van der Waals surface area contributed by atoms with Crippen molar-refractivity contribution in [3.8, 4) is 17.2 Å². The zero-order chi connectivity index (χ0) is 18.1. The molecule has 0 aromatic heterocycles. The first-order valence-corrected chi connectivity index (χ1v) is 8.67. The molecule has 4 rings (SSSR count). The predicted octanol–water partition coefficient (Wildman–Crippen LogP) is 4.02. The molecule has 132 valence electrons. The summed E-state index contributed by atoms with van der Waals surface area (Å²) in [5.74, 6) is 1.44. The number of fused-ring (bicyclic) bond motifs is 1. The van der Waals surface area contributed by atoms with Crippen LogP contribution in [0.3, 0.4) is 0 Å². The lowest BCUT2D eigenvalue weighted by atomic mass is 10.1. The number of esters is 1. The highest BCUT2D eigenvalue weighted by atomic mass is 16.5. The lowest BCUT2D eigenvalue weighted by Crippen LogP contribution is -2.09. The van der Waals surface area contributed by atoms with E-state index in [2.05, 4.69) is 0 Å². The molecule has 1 saturated carbocycles. The van der Waals surface area contributed by atoms with Crippen LogP contribution >= 0.6 is 0 Å². The maximum Gasteiger partial charge on any atom is 0.314 e. The van der Waals surface area contributed by atoms with E-state index in [0.717, 1.165) is 24.2 Å². The van der Waals surface area contributed by atoms with Gasteiger partial charge in [-0.1, -0.05) is 12.1 Å². The van der Waals surface area contributed by atoms with Crippen LogP contribution in [-0.4, -0.2) is 18.4 Å². The van der Waals surface area contributed by atoms with E-state index in [-0.39, 0.29) is 23.4 Å². The highest BCUT2D eigenvalue weighted by Crippen LogP contribution is 2.36. The zero-order valence-electron chi connectivity index (χ0n) is 14.4. The molecule has 0 spiro atoms. The predicted molar refractivity (Wildman–Crippen MR) is 95.3 cm³/mol. The Kier molecular flexibility index (Phi) is 4.21. The van der Waals surface area contributed by atoms with Crippen molar-refractivity contribution in [1.82, 2.24) is 0 Å². The molecule has 0 N–H and O–H groups in total. The number of ether oxygens (including phenoxy) is 3. The van der Waals surface area contributed by atoms with Crippen LogP contribution in [0, 0.1) is 5.92 Å². The summed E-state index contributed by atoms with van der Waals surface area (Å²) in [4.78, 5) is 24.3. The Morgan fingerprint density at radius 2 is 1.88 bits per heavy atom. The number of ketones is 1. The van der Waals surface area contributed by atoms with Crippen molar-refractivity contribution in [3.63, 3.8) is 0 Å². The van der Waals surface area contributed by atoms with Gasteiger partial charge in [0.15, 0.2) is 5.76 Å². The first-order valence-electron chi connectivity index (χ1n) is 8.67. The second-order valence-electron chi connectivity index (χ2n) is 6.30. The van der Waals surface area contributed by atoms with E-state index in [1.54, 1.807) is 24.3 Å². The molecule has 26 heavy (non-hydrogen) atoms. The van der Waals surface area contributed by atoms with Crippen LogP contribution in [0.1, 0.15) is 35.7 Å². The Balaban J connectivity index is 1.52. The molecule has 0 radical (unpaired) electrons. The summed E-state index contributed by atoms with van der Waals surface area (Å²) in [6.45, 7) is 2.53. The summed E-state index contributed by atoms with van der Waals surface area (Å²) < 4.78 is 16.4. The van der Waals surface area contributed by atoms with Crippen molar-refractivity contribution in [2.24, 2.45) is 5.92 Å². The van der Waals surface area contributed by atoms with Gasteiger partial charge in [-0.25, -0.2) is 0 Å². The number of benzene rings is 2. The number of hydrogen-bond donors (Lipinski definition) is 0. The van der Waals surface area contributed by atoms with E-state index >= 15 is 0 Å². The molecular formula is C21H18O5. The van der Waals surface area contributed by atoms with Gasteiger partial charge in [0.1, 0.15) is 17.2 Å². The van der Waals surface area contributed by atoms with E-state index in [4.69, 9.17) is 14.2 Å². The summed E-state index contributed by atoms with van der Waals surface area (Å²) in [6.07, 6.45) is 3.45. The van der Waals surface area contributed by atoms with Gasteiger partial charge in [-0.15, -0.1) is 0 Å². The smallest absolute Gasteiger partial charge is 0.314 e. The maximum atomic E-state index is 12.5.